The third-order valence-electron chi connectivity index (χ3n) is 3.03. The molecule has 0 saturated heterocycles. The average Bonchev–Trinajstić information content (AvgIpc) is 2.89. The molecular weight excluding hydrogens is 216 g/mol. The Labute approximate surface area is 102 Å². The molecule has 0 aromatic heterocycles. The van der Waals surface area contributed by atoms with Crippen molar-refractivity contribution in [2.75, 3.05) is 13.2 Å². The van der Waals surface area contributed by atoms with Crippen molar-refractivity contribution in [2.24, 2.45) is 5.92 Å². The smallest absolute Gasteiger partial charge is 0.309 e. The van der Waals surface area contributed by atoms with Crippen molar-refractivity contribution in [3.05, 3.63) is 30.3 Å². The highest BCUT2D eigenvalue weighted by Crippen LogP contribution is 2.25. The number of carbonyl (C=O) groups is 1. The molecule has 3 nitrogen and oxygen atoms in total. The van der Waals surface area contributed by atoms with Gasteiger partial charge in [0.15, 0.2) is 0 Å². The molecule has 1 fully saturated rings. The van der Waals surface area contributed by atoms with Crippen LogP contribution >= 0.6 is 0 Å². The molecule has 3 heteroatoms. The van der Waals surface area contributed by atoms with E-state index < -0.39 is 0 Å². The van der Waals surface area contributed by atoms with Crippen molar-refractivity contribution in [1.82, 2.24) is 0 Å². The summed E-state index contributed by atoms with van der Waals surface area (Å²) >= 11 is 0. The van der Waals surface area contributed by atoms with Gasteiger partial charge in [0.2, 0.25) is 0 Å². The van der Waals surface area contributed by atoms with E-state index in [0.717, 1.165) is 31.4 Å². The normalized spacial score (nSPS) is 15.8. The van der Waals surface area contributed by atoms with Gasteiger partial charge in [0.05, 0.1) is 5.92 Å². The zero-order valence-corrected chi connectivity index (χ0v) is 9.93. The van der Waals surface area contributed by atoms with Crippen LogP contribution in [0, 0.1) is 5.92 Å². The predicted molar refractivity (Wildman–Crippen MR) is 64.9 cm³/mol. The maximum absolute atomic E-state index is 11.6. The van der Waals surface area contributed by atoms with Crippen LogP contribution in [0.4, 0.5) is 0 Å². The molecule has 2 rings (SSSR count). The first-order chi connectivity index (χ1) is 8.36. The van der Waals surface area contributed by atoms with E-state index in [0.29, 0.717) is 13.2 Å². The van der Waals surface area contributed by atoms with E-state index in [9.17, 15) is 4.79 Å². The fraction of sp³-hybridized carbons (Fsp3) is 0.500. The number of ether oxygens (including phenoxy) is 2. The molecule has 0 aliphatic heterocycles. The first-order valence-electron chi connectivity index (χ1n) is 6.21. The number of hydrogen-bond acceptors (Lipinski definition) is 3. The molecule has 1 aliphatic carbocycles. The lowest BCUT2D eigenvalue weighted by molar-refractivity contribution is -0.149. The van der Waals surface area contributed by atoms with Gasteiger partial charge in [-0.25, -0.2) is 0 Å². The van der Waals surface area contributed by atoms with Gasteiger partial charge in [-0.1, -0.05) is 31.0 Å². The molecule has 1 aromatic rings. The van der Waals surface area contributed by atoms with Crippen molar-refractivity contribution in [3.63, 3.8) is 0 Å². The van der Waals surface area contributed by atoms with E-state index in [1.54, 1.807) is 0 Å². The van der Waals surface area contributed by atoms with Crippen LogP contribution in [0.5, 0.6) is 5.75 Å². The Morgan fingerprint density at radius 2 is 1.82 bits per heavy atom. The van der Waals surface area contributed by atoms with Crippen LogP contribution in [-0.2, 0) is 9.53 Å². The van der Waals surface area contributed by atoms with Gasteiger partial charge >= 0.3 is 5.97 Å². The Morgan fingerprint density at radius 3 is 2.53 bits per heavy atom. The number of para-hydroxylation sites is 1. The summed E-state index contributed by atoms with van der Waals surface area (Å²) in [4.78, 5) is 11.6. The van der Waals surface area contributed by atoms with Crippen LogP contribution in [-0.4, -0.2) is 19.2 Å². The summed E-state index contributed by atoms with van der Waals surface area (Å²) in [6.07, 6.45) is 4.28. The quantitative estimate of drug-likeness (QED) is 0.580. The van der Waals surface area contributed by atoms with Crippen LogP contribution in [0.25, 0.3) is 0 Å². The molecule has 1 aliphatic rings. The Balaban J connectivity index is 1.61. The fourth-order valence-corrected chi connectivity index (χ4v) is 2.10. The van der Waals surface area contributed by atoms with Crippen molar-refractivity contribution < 1.29 is 14.3 Å². The van der Waals surface area contributed by atoms with Gasteiger partial charge in [0.25, 0.3) is 0 Å². The second-order valence-electron chi connectivity index (χ2n) is 4.31. The van der Waals surface area contributed by atoms with Crippen LogP contribution in [0.3, 0.4) is 0 Å². The molecule has 0 spiro atoms. The van der Waals surface area contributed by atoms with E-state index in [1.165, 1.54) is 0 Å². The first-order valence-corrected chi connectivity index (χ1v) is 6.21. The maximum Gasteiger partial charge on any atom is 0.309 e. The van der Waals surface area contributed by atoms with Gasteiger partial charge < -0.3 is 9.47 Å². The van der Waals surface area contributed by atoms with Crippen LogP contribution in [0.1, 0.15) is 25.7 Å². The van der Waals surface area contributed by atoms with Gasteiger partial charge in [0.1, 0.15) is 19.0 Å². The number of carbonyl (C=O) groups excluding carboxylic acids is 1. The topological polar surface area (TPSA) is 35.5 Å². The van der Waals surface area contributed by atoms with Gasteiger partial charge in [-0.3, -0.25) is 4.79 Å². The zero-order chi connectivity index (χ0) is 11.9. The number of esters is 1. The summed E-state index contributed by atoms with van der Waals surface area (Å²) in [5.41, 5.74) is 0. The van der Waals surface area contributed by atoms with E-state index in [1.807, 2.05) is 30.3 Å². The van der Waals surface area contributed by atoms with Crippen molar-refractivity contribution in [1.29, 1.82) is 0 Å². The molecule has 0 atom stereocenters. The summed E-state index contributed by atoms with van der Waals surface area (Å²) in [5.74, 6) is 0.885. The second-order valence-corrected chi connectivity index (χ2v) is 4.31. The molecule has 0 bridgehead atoms. The third kappa shape index (κ3) is 3.77. The molecule has 0 unspecified atom stereocenters. The Hall–Kier alpha value is -1.51. The summed E-state index contributed by atoms with van der Waals surface area (Å²) in [5, 5.41) is 0. The van der Waals surface area contributed by atoms with Gasteiger partial charge in [-0.05, 0) is 25.0 Å². The summed E-state index contributed by atoms with van der Waals surface area (Å²) in [7, 11) is 0. The summed E-state index contributed by atoms with van der Waals surface area (Å²) in [6.45, 7) is 0.757. The molecule has 0 N–H and O–H groups in total. The summed E-state index contributed by atoms with van der Waals surface area (Å²) in [6, 6.07) is 9.55. The average molecular weight is 234 g/mol. The SMILES string of the molecule is O=C(OCCOc1ccccc1)C1CCCC1. The Morgan fingerprint density at radius 1 is 1.12 bits per heavy atom. The van der Waals surface area contributed by atoms with E-state index in [-0.39, 0.29) is 11.9 Å². The molecule has 1 saturated carbocycles. The standard InChI is InChI=1S/C14H18O3/c15-14(12-6-4-5-7-12)17-11-10-16-13-8-2-1-3-9-13/h1-3,8-9,12H,4-7,10-11H2. The minimum Gasteiger partial charge on any atom is -0.490 e. The van der Waals surface area contributed by atoms with Crippen molar-refractivity contribution in [3.8, 4) is 5.75 Å². The lowest BCUT2D eigenvalue weighted by Gasteiger charge is -2.10. The molecule has 17 heavy (non-hydrogen) atoms. The van der Waals surface area contributed by atoms with E-state index in [4.69, 9.17) is 9.47 Å². The summed E-state index contributed by atoms with van der Waals surface area (Å²) < 4.78 is 10.6. The zero-order valence-electron chi connectivity index (χ0n) is 9.93. The largest absolute Gasteiger partial charge is 0.490 e. The van der Waals surface area contributed by atoms with Gasteiger partial charge in [0, 0.05) is 0 Å². The Kier molecular flexibility index (Phi) is 4.42. The highest BCUT2D eigenvalue weighted by atomic mass is 16.6. The highest BCUT2D eigenvalue weighted by molar-refractivity contribution is 5.72. The maximum atomic E-state index is 11.6. The first kappa shape index (κ1) is 12.0. The minimum atomic E-state index is -0.0563. The lowest BCUT2D eigenvalue weighted by Crippen LogP contribution is -2.18. The minimum absolute atomic E-state index is 0.0563. The molecular formula is C14H18O3. The van der Waals surface area contributed by atoms with Crippen LogP contribution < -0.4 is 4.74 Å². The van der Waals surface area contributed by atoms with Crippen LogP contribution in [0.15, 0.2) is 30.3 Å². The van der Waals surface area contributed by atoms with Gasteiger partial charge in [-0.15, -0.1) is 0 Å². The molecule has 1 aromatic carbocycles. The lowest BCUT2D eigenvalue weighted by atomic mass is 10.1. The predicted octanol–water partition coefficient (Wildman–Crippen LogP) is 2.80. The fourth-order valence-electron chi connectivity index (χ4n) is 2.10. The second kappa shape index (κ2) is 6.28. The van der Waals surface area contributed by atoms with Gasteiger partial charge in [-0.2, -0.15) is 0 Å². The van der Waals surface area contributed by atoms with Crippen molar-refractivity contribution in [2.45, 2.75) is 25.7 Å². The number of hydrogen-bond donors (Lipinski definition) is 0. The number of rotatable bonds is 5. The Bertz CT molecular complexity index is 342. The van der Waals surface area contributed by atoms with Crippen molar-refractivity contribution >= 4 is 5.97 Å². The molecule has 0 radical (unpaired) electrons. The van der Waals surface area contributed by atoms with E-state index >= 15 is 0 Å². The molecule has 0 heterocycles. The van der Waals surface area contributed by atoms with E-state index in [2.05, 4.69) is 0 Å². The monoisotopic (exact) mass is 234 g/mol. The molecule has 0 amide bonds. The number of benzene rings is 1. The molecule has 92 valence electrons. The third-order valence-corrected chi connectivity index (χ3v) is 3.03. The van der Waals surface area contributed by atoms with Crippen LogP contribution in [0.2, 0.25) is 0 Å². The highest BCUT2D eigenvalue weighted by Gasteiger charge is 2.23.